The molecule has 1 unspecified atom stereocenters. The molecule has 0 aliphatic heterocycles. The first-order chi connectivity index (χ1) is 9.41. The number of carboxylic acids is 1. The van der Waals surface area contributed by atoms with Crippen molar-refractivity contribution in [2.45, 2.75) is 31.8 Å². The summed E-state index contributed by atoms with van der Waals surface area (Å²) in [5, 5.41) is 9.10. The molecule has 1 fully saturated rings. The summed E-state index contributed by atoms with van der Waals surface area (Å²) in [5.41, 5.74) is 5.69. The van der Waals surface area contributed by atoms with Crippen LogP contribution in [0.2, 0.25) is 0 Å². The lowest BCUT2D eigenvalue weighted by molar-refractivity contribution is -0.141. The monoisotopic (exact) mass is 276 g/mol. The molecule has 0 bridgehead atoms. The van der Waals surface area contributed by atoms with Gasteiger partial charge in [0.05, 0.1) is 0 Å². The van der Waals surface area contributed by atoms with Gasteiger partial charge in [-0.2, -0.15) is 0 Å². The number of rotatable bonds is 5. The van der Waals surface area contributed by atoms with Gasteiger partial charge in [-0.3, -0.25) is 9.59 Å². The summed E-state index contributed by atoms with van der Waals surface area (Å²) in [6.07, 6.45) is 1.61. The Morgan fingerprint density at radius 2 is 1.90 bits per heavy atom. The van der Waals surface area contributed by atoms with Crippen LogP contribution >= 0.6 is 0 Å². The fraction of sp³-hybridized carbons (Fsp3) is 0.357. The predicted molar refractivity (Wildman–Crippen MR) is 71.2 cm³/mol. The maximum Gasteiger partial charge on any atom is 0.326 e. The Bertz CT molecular complexity index is 566. The molecule has 1 aliphatic rings. The minimum atomic E-state index is -1.05. The molecule has 0 saturated heterocycles. The van der Waals surface area contributed by atoms with Gasteiger partial charge in [0, 0.05) is 17.2 Å². The minimum Gasteiger partial charge on any atom is -0.480 e. The number of amides is 2. The molecule has 0 spiro atoms. The van der Waals surface area contributed by atoms with E-state index in [0.29, 0.717) is 0 Å². The molecular weight excluding hydrogens is 260 g/mol. The Labute approximate surface area is 116 Å². The topological polar surface area (TPSA) is 101 Å². The first kappa shape index (κ1) is 14.0. The first-order valence-electron chi connectivity index (χ1n) is 6.37. The average Bonchev–Trinajstić information content (AvgIpc) is 3.23. The van der Waals surface area contributed by atoms with Gasteiger partial charge in [0.25, 0.3) is 5.91 Å². The minimum absolute atomic E-state index is 0.0363. The molecule has 1 aromatic carbocycles. The zero-order valence-electron chi connectivity index (χ0n) is 11.1. The molecule has 1 atom stereocenters. The maximum absolute atomic E-state index is 12.5. The van der Waals surface area contributed by atoms with Crippen LogP contribution in [0, 0.1) is 0 Å². The normalized spacial score (nSPS) is 15.4. The average molecular weight is 276 g/mol. The Kier molecular flexibility index (Phi) is 3.74. The molecule has 2 amide bonds. The highest BCUT2D eigenvalue weighted by molar-refractivity contribution is 6.00. The molecule has 2 rings (SSSR count). The Hall–Kier alpha value is -2.37. The number of aliphatic carboxylic acids is 1. The van der Waals surface area contributed by atoms with Crippen LogP contribution in [0.15, 0.2) is 24.3 Å². The lowest BCUT2D eigenvalue weighted by Gasteiger charge is -2.26. The highest BCUT2D eigenvalue weighted by atomic mass is 16.4. The summed E-state index contributed by atoms with van der Waals surface area (Å²) < 4.78 is 0. The number of carbonyl (C=O) groups excluding carboxylic acids is 2. The Morgan fingerprint density at radius 1 is 1.30 bits per heavy atom. The van der Waals surface area contributed by atoms with Gasteiger partial charge in [0.1, 0.15) is 6.04 Å². The van der Waals surface area contributed by atoms with Crippen LogP contribution in [-0.2, 0) is 4.79 Å². The van der Waals surface area contributed by atoms with Crippen molar-refractivity contribution in [2.24, 2.45) is 5.73 Å². The summed E-state index contributed by atoms with van der Waals surface area (Å²) in [6.45, 7) is 1.48. The summed E-state index contributed by atoms with van der Waals surface area (Å²) in [6, 6.07) is 5.09. The molecule has 1 saturated carbocycles. The molecule has 6 heteroatoms. The lowest BCUT2D eigenvalue weighted by atomic mass is 10.1. The van der Waals surface area contributed by atoms with Gasteiger partial charge in [-0.25, -0.2) is 4.79 Å². The highest BCUT2D eigenvalue weighted by Gasteiger charge is 2.38. The second-order valence-electron chi connectivity index (χ2n) is 4.90. The lowest BCUT2D eigenvalue weighted by Crippen LogP contribution is -2.44. The fourth-order valence-corrected chi connectivity index (χ4v) is 2.08. The van der Waals surface area contributed by atoms with E-state index in [2.05, 4.69) is 0 Å². The van der Waals surface area contributed by atoms with Crippen LogP contribution < -0.4 is 5.73 Å². The first-order valence-corrected chi connectivity index (χ1v) is 6.37. The van der Waals surface area contributed by atoms with Crippen LogP contribution in [0.3, 0.4) is 0 Å². The van der Waals surface area contributed by atoms with Crippen molar-refractivity contribution in [3.63, 3.8) is 0 Å². The largest absolute Gasteiger partial charge is 0.480 e. The van der Waals surface area contributed by atoms with E-state index in [4.69, 9.17) is 10.8 Å². The molecule has 6 nitrogen and oxygen atoms in total. The van der Waals surface area contributed by atoms with Crippen molar-refractivity contribution in [3.05, 3.63) is 35.4 Å². The molecule has 1 aromatic rings. The molecule has 1 aliphatic carbocycles. The number of nitrogens with zero attached hydrogens (tertiary/aromatic N) is 1. The summed E-state index contributed by atoms with van der Waals surface area (Å²) in [4.78, 5) is 36.1. The number of carbonyl (C=O) groups is 3. The van der Waals surface area contributed by atoms with Gasteiger partial charge >= 0.3 is 5.97 Å². The number of hydrogen-bond acceptors (Lipinski definition) is 3. The van der Waals surface area contributed by atoms with Gasteiger partial charge in [-0.05, 0) is 38.0 Å². The van der Waals surface area contributed by atoms with E-state index >= 15 is 0 Å². The van der Waals surface area contributed by atoms with Crippen LogP contribution in [0.25, 0.3) is 0 Å². The smallest absolute Gasteiger partial charge is 0.326 e. The Morgan fingerprint density at radius 3 is 2.40 bits per heavy atom. The van der Waals surface area contributed by atoms with Crippen LogP contribution in [0.1, 0.15) is 40.5 Å². The predicted octanol–water partition coefficient (Wildman–Crippen LogP) is 0.863. The SMILES string of the molecule is CC(C(=O)O)N(C(=O)c1cccc(C(N)=O)c1)C1CC1. The van der Waals surface area contributed by atoms with E-state index in [0.717, 1.165) is 12.8 Å². The molecule has 20 heavy (non-hydrogen) atoms. The maximum atomic E-state index is 12.5. The third kappa shape index (κ3) is 2.79. The van der Waals surface area contributed by atoms with E-state index in [-0.39, 0.29) is 23.1 Å². The van der Waals surface area contributed by atoms with Crippen molar-refractivity contribution in [3.8, 4) is 0 Å². The second kappa shape index (κ2) is 5.32. The van der Waals surface area contributed by atoms with Crippen molar-refractivity contribution < 1.29 is 19.5 Å². The van der Waals surface area contributed by atoms with Crippen LogP contribution in [-0.4, -0.2) is 39.9 Å². The van der Waals surface area contributed by atoms with Gasteiger partial charge in [-0.15, -0.1) is 0 Å². The van der Waals surface area contributed by atoms with Crippen molar-refractivity contribution >= 4 is 17.8 Å². The van der Waals surface area contributed by atoms with Gasteiger partial charge in [-0.1, -0.05) is 6.07 Å². The number of hydrogen-bond donors (Lipinski definition) is 2. The fourth-order valence-electron chi connectivity index (χ4n) is 2.08. The zero-order valence-corrected chi connectivity index (χ0v) is 11.1. The van der Waals surface area contributed by atoms with Gasteiger partial charge in [0.2, 0.25) is 5.91 Å². The molecule has 106 valence electrons. The van der Waals surface area contributed by atoms with E-state index in [9.17, 15) is 14.4 Å². The number of primary amides is 1. The van der Waals surface area contributed by atoms with Crippen LogP contribution in [0.5, 0.6) is 0 Å². The standard InChI is InChI=1S/C14H16N2O4/c1-8(14(19)20)16(11-5-6-11)13(18)10-4-2-3-9(7-10)12(15)17/h2-4,7-8,11H,5-6H2,1H3,(H2,15,17)(H,19,20). The van der Waals surface area contributed by atoms with E-state index in [1.807, 2.05) is 0 Å². The third-order valence-corrected chi connectivity index (χ3v) is 3.34. The summed E-state index contributed by atoms with van der Waals surface area (Å²) >= 11 is 0. The van der Waals surface area contributed by atoms with E-state index in [1.54, 1.807) is 12.1 Å². The second-order valence-corrected chi connectivity index (χ2v) is 4.90. The molecule has 3 N–H and O–H groups in total. The number of benzene rings is 1. The molecule has 0 heterocycles. The van der Waals surface area contributed by atoms with E-state index in [1.165, 1.54) is 24.0 Å². The number of nitrogens with two attached hydrogens (primary N) is 1. The van der Waals surface area contributed by atoms with Crippen LogP contribution in [0.4, 0.5) is 0 Å². The Balaban J connectivity index is 2.30. The third-order valence-electron chi connectivity index (χ3n) is 3.34. The van der Waals surface area contributed by atoms with Gasteiger partial charge < -0.3 is 15.7 Å². The molecular formula is C14H16N2O4. The quantitative estimate of drug-likeness (QED) is 0.833. The van der Waals surface area contributed by atoms with Crippen molar-refractivity contribution in [1.29, 1.82) is 0 Å². The van der Waals surface area contributed by atoms with Crippen molar-refractivity contribution in [1.82, 2.24) is 4.90 Å². The van der Waals surface area contributed by atoms with E-state index < -0.39 is 17.9 Å². The molecule has 0 radical (unpaired) electrons. The summed E-state index contributed by atoms with van der Waals surface area (Å²) in [7, 11) is 0. The molecule has 0 aromatic heterocycles. The number of carboxylic acid groups (broad SMARTS) is 1. The summed E-state index contributed by atoms with van der Waals surface area (Å²) in [5.74, 6) is -2.05. The zero-order chi connectivity index (χ0) is 14.9. The van der Waals surface area contributed by atoms with Crippen molar-refractivity contribution in [2.75, 3.05) is 0 Å². The van der Waals surface area contributed by atoms with Gasteiger partial charge in [0.15, 0.2) is 0 Å². The highest BCUT2D eigenvalue weighted by Crippen LogP contribution is 2.30.